The summed E-state index contributed by atoms with van der Waals surface area (Å²) in [5.41, 5.74) is 7.62. The van der Waals surface area contributed by atoms with Gasteiger partial charge in [-0.3, -0.25) is 9.59 Å². The van der Waals surface area contributed by atoms with Crippen LogP contribution in [0.25, 0.3) is 11.1 Å². The van der Waals surface area contributed by atoms with Gasteiger partial charge in [0.2, 0.25) is 0 Å². The molecule has 0 saturated heterocycles. The molecule has 0 spiro atoms. The van der Waals surface area contributed by atoms with Crippen LogP contribution in [0.3, 0.4) is 0 Å². The van der Waals surface area contributed by atoms with E-state index < -0.39 is 11.9 Å². The molecule has 1 unspecified atom stereocenters. The largest absolute Gasteiger partial charge is 0.481 e. The number of carboxylic acids is 2. The van der Waals surface area contributed by atoms with Crippen molar-refractivity contribution in [2.75, 3.05) is 4.90 Å². The van der Waals surface area contributed by atoms with Gasteiger partial charge < -0.3 is 15.1 Å². The number of aliphatic carboxylic acids is 2. The van der Waals surface area contributed by atoms with Crippen molar-refractivity contribution in [1.82, 2.24) is 0 Å². The first-order chi connectivity index (χ1) is 17.4. The van der Waals surface area contributed by atoms with Crippen molar-refractivity contribution in [2.24, 2.45) is 5.92 Å². The van der Waals surface area contributed by atoms with Crippen LogP contribution in [0.1, 0.15) is 38.2 Å². The molecule has 5 heteroatoms. The normalized spacial score (nSPS) is 15.1. The summed E-state index contributed by atoms with van der Waals surface area (Å²) < 4.78 is 0. The van der Waals surface area contributed by atoms with Crippen LogP contribution in [0.5, 0.6) is 0 Å². The summed E-state index contributed by atoms with van der Waals surface area (Å²) >= 11 is 0. The molecule has 36 heavy (non-hydrogen) atoms. The van der Waals surface area contributed by atoms with Crippen LogP contribution < -0.4 is 4.90 Å². The third kappa shape index (κ3) is 6.30. The molecule has 1 atom stereocenters. The molecule has 3 aromatic rings. The molecule has 0 fully saturated rings. The van der Waals surface area contributed by atoms with Gasteiger partial charge in [0.05, 0.1) is 0 Å². The van der Waals surface area contributed by atoms with Crippen molar-refractivity contribution in [3.8, 4) is 11.1 Å². The van der Waals surface area contributed by atoms with Crippen LogP contribution in [0.2, 0.25) is 0 Å². The Balaban J connectivity index is 1.66. The van der Waals surface area contributed by atoms with E-state index in [1.54, 1.807) is 0 Å². The smallest absolute Gasteiger partial charge is 0.303 e. The van der Waals surface area contributed by atoms with Crippen molar-refractivity contribution in [3.63, 3.8) is 0 Å². The Morgan fingerprint density at radius 1 is 0.750 bits per heavy atom. The number of carbonyl (C=O) groups is 2. The average molecular weight is 482 g/mol. The predicted octanol–water partition coefficient (Wildman–Crippen LogP) is 7.22. The monoisotopic (exact) mass is 481 g/mol. The Morgan fingerprint density at radius 3 is 1.89 bits per heavy atom. The average Bonchev–Trinajstić information content (AvgIpc) is 2.89. The number of hydrogen-bond acceptors (Lipinski definition) is 3. The second kappa shape index (κ2) is 11.5. The third-order valence-corrected chi connectivity index (χ3v) is 6.61. The van der Waals surface area contributed by atoms with E-state index in [1.807, 2.05) is 42.5 Å². The first-order valence-corrected chi connectivity index (χ1v) is 12.3. The number of benzene rings is 3. The van der Waals surface area contributed by atoms with E-state index in [-0.39, 0.29) is 18.8 Å². The van der Waals surface area contributed by atoms with Crippen LogP contribution in [-0.2, 0) is 16.0 Å². The molecular formula is C31H31NO4. The van der Waals surface area contributed by atoms with Gasteiger partial charge in [0, 0.05) is 29.9 Å². The van der Waals surface area contributed by atoms with Gasteiger partial charge in [-0.2, -0.15) is 0 Å². The zero-order valence-electron chi connectivity index (χ0n) is 20.4. The third-order valence-electron chi connectivity index (χ3n) is 6.61. The maximum atomic E-state index is 11.0. The lowest BCUT2D eigenvalue weighted by atomic mass is 9.87. The van der Waals surface area contributed by atoms with Crippen molar-refractivity contribution < 1.29 is 19.8 Å². The van der Waals surface area contributed by atoms with Crippen molar-refractivity contribution in [1.29, 1.82) is 0 Å². The fraction of sp³-hybridized carbons (Fsp3) is 0.226. The molecule has 1 aliphatic rings. The molecule has 5 nitrogen and oxygen atoms in total. The van der Waals surface area contributed by atoms with Crippen LogP contribution in [0.15, 0.2) is 102 Å². The van der Waals surface area contributed by atoms with Crippen LogP contribution in [0, 0.1) is 5.92 Å². The summed E-state index contributed by atoms with van der Waals surface area (Å²) in [6.07, 6.45) is 6.27. The zero-order chi connectivity index (χ0) is 25.5. The summed E-state index contributed by atoms with van der Waals surface area (Å²) in [6.45, 7) is 2.15. The number of nitrogens with zero attached hydrogens (tertiary/aromatic N) is 1. The van der Waals surface area contributed by atoms with Crippen molar-refractivity contribution >= 4 is 23.3 Å². The Morgan fingerprint density at radius 2 is 1.31 bits per heavy atom. The number of carboxylic acid groups (broad SMARTS) is 2. The lowest BCUT2D eigenvalue weighted by Crippen LogP contribution is -2.21. The maximum Gasteiger partial charge on any atom is 0.303 e. The SMILES string of the molecule is CC1CC(N(c2ccc(CCC(=O)O)cc2)c2ccc(-c3ccccc3)cc2)=CC=C1CCC(=O)O. The molecule has 1 aliphatic carbocycles. The van der Waals surface area contributed by atoms with Gasteiger partial charge in [-0.25, -0.2) is 0 Å². The maximum absolute atomic E-state index is 11.0. The predicted molar refractivity (Wildman–Crippen MR) is 143 cm³/mol. The summed E-state index contributed by atoms with van der Waals surface area (Å²) in [7, 11) is 0. The quantitative estimate of drug-likeness (QED) is 0.319. The van der Waals surface area contributed by atoms with Crippen LogP contribution in [0.4, 0.5) is 11.4 Å². The minimum Gasteiger partial charge on any atom is -0.481 e. The van der Waals surface area contributed by atoms with Gasteiger partial charge in [-0.1, -0.05) is 73.2 Å². The van der Waals surface area contributed by atoms with Gasteiger partial charge >= 0.3 is 11.9 Å². The molecule has 0 aromatic heterocycles. The summed E-state index contributed by atoms with van der Waals surface area (Å²) in [5, 5.41) is 18.1. The molecule has 0 amide bonds. The zero-order valence-corrected chi connectivity index (χ0v) is 20.4. The number of anilines is 2. The highest BCUT2D eigenvalue weighted by Gasteiger charge is 2.22. The molecule has 4 rings (SSSR count). The molecule has 2 N–H and O–H groups in total. The van der Waals surface area contributed by atoms with E-state index in [1.165, 1.54) is 0 Å². The van der Waals surface area contributed by atoms with Gasteiger partial charge in [-0.05, 0) is 72.2 Å². The molecule has 184 valence electrons. The number of allylic oxidation sites excluding steroid dienone is 4. The molecule has 0 heterocycles. The topological polar surface area (TPSA) is 77.8 Å². The Bertz CT molecular complexity index is 1260. The van der Waals surface area contributed by atoms with E-state index in [2.05, 4.69) is 60.4 Å². The van der Waals surface area contributed by atoms with Gasteiger partial charge in [0.25, 0.3) is 0 Å². The summed E-state index contributed by atoms with van der Waals surface area (Å²) in [5.74, 6) is -1.34. The minimum absolute atomic E-state index is 0.108. The van der Waals surface area contributed by atoms with E-state index in [9.17, 15) is 9.59 Å². The van der Waals surface area contributed by atoms with Gasteiger partial charge in [0.15, 0.2) is 0 Å². The lowest BCUT2D eigenvalue weighted by molar-refractivity contribution is -0.138. The molecule has 0 bridgehead atoms. The number of aryl methyl sites for hydroxylation is 1. The first kappa shape index (κ1) is 25.0. The van der Waals surface area contributed by atoms with Crippen LogP contribution in [-0.4, -0.2) is 22.2 Å². The van der Waals surface area contributed by atoms with Crippen molar-refractivity contribution in [2.45, 2.75) is 39.0 Å². The first-order valence-electron chi connectivity index (χ1n) is 12.3. The second-order valence-electron chi connectivity index (χ2n) is 9.21. The van der Waals surface area contributed by atoms with E-state index in [4.69, 9.17) is 10.2 Å². The fourth-order valence-corrected chi connectivity index (χ4v) is 4.60. The lowest BCUT2D eigenvalue weighted by Gasteiger charge is -2.32. The van der Waals surface area contributed by atoms with E-state index >= 15 is 0 Å². The minimum atomic E-state index is -0.800. The molecule has 0 radical (unpaired) electrons. The van der Waals surface area contributed by atoms with Gasteiger partial charge in [-0.15, -0.1) is 0 Å². The van der Waals surface area contributed by atoms with Crippen LogP contribution >= 0.6 is 0 Å². The Kier molecular flexibility index (Phi) is 8.01. The molecule has 0 saturated carbocycles. The Labute approximate surface area is 212 Å². The number of hydrogen-bond donors (Lipinski definition) is 2. The highest BCUT2D eigenvalue weighted by Crippen LogP contribution is 2.38. The molecular weight excluding hydrogens is 450 g/mol. The Hall–Kier alpha value is -4.12. The molecule has 0 aliphatic heterocycles. The van der Waals surface area contributed by atoms with Gasteiger partial charge in [0.1, 0.15) is 0 Å². The van der Waals surface area contributed by atoms with E-state index in [0.29, 0.717) is 12.8 Å². The standard InChI is InChI=1S/C31H31NO4/c1-22-21-29(18-10-24(22)13-20-31(35)36)32(27-14-7-23(8-15-27)9-19-30(33)34)28-16-11-26(12-17-28)25-5-3-2-4-6-25/h2-8,10-12,14-18,22H,9,13,19-21H2,1H3,(H,33,34)(H,35,36). The summed E-state index contributed by atoms with van der Waals surface area (Å²) in [4.78, 5) is 24.2. The highest BCUT2D eigenvalue weighted by molar-refractivity contribution is 5.73. The summed E-state index contributed by atoms with van der Waals surface area (Å²) in [6, 6.07) is 26.8. The van der Waals surface area contributed by atoms with E-state index in [0.717, 1.165) is 45.8 Å². The molecule has 3 aromatic carbocycles. The highest BCUT2D eigenvalue weighted by atomic mass is 16.4. The van der Waals surface area contributed by atoms with Crippen molar-refractivity contribution in [3.05, 3.63) is 108 Å². The number of rotatable bonds is 10. The fourth-order valence-electron chi connectivity index (χ4n) is 4.60. The second-order valence-corrected chi connectivity index (χ2v) is 9.21.